The fourth-order valence-electron chi connectivity index (χ4n) is 5.34. The second-order valence-electron chi connectivity index (χ2n) is 8.72. The van der Waals surface area contributed by atoms with Crippen molar-refractivity contribution >= 4 is 33.2 Å². The Morgan fingerprint density at radius 3 is 2.27 bits per heavy atom. The summed E-state index contributed by atoms with van der Waals surface area (Å²) in [6.07, 6.45) is 0.996. The number of hydrogen-bond acceptors (Lipinski definition) is 1. The number of nitrogens with one attached hydrogen (secondary N) is 1. The molecule has 2 heteroatoms. The van der Waals surface area contributed by atoms with Crippen LogP contribution in [-0.2, 0) is 6.42 Å². The van der Waals surface area contributed by atoms with Crippen LogP contribution < -0.4 is 5.32 Å². The van der Waals surface area contributed by atoms with Crippen LogP contribution in [0.4, 0.5) is 11.4 Å². The van der Waals surface area contributed by atoms with Gasteiger partial charge in [0.15, 0.2) is 0 Å². The fraction of sp³-hybridized carbons (Fsp3) is 0.0323. The summed E-state index contributed by atoms with van der Waals surface area (Å²) in [5, 5.41) is 6.28. The summed E-state index contributed by atoms with van der Waals surface area (Å²) < 4.78 is 2.37. The van der Waals surface area contributed by atoms with Crippen LogP contribution in [-0.4, -0.2) is 4.57 Å². The van der Waals surface area contributed by atoms with Crippen LogP contribution in [0.3, 0.4) is 0 Å². The largest absolute Gasteiger partial charge is 0.354 e. The van der Waals surface area contributed by atoms with Gasteiger partial charge in [0.2, 0.25) is 0 Å². The van der Waals surface area contributed by atoms with Gasteiger partial charge in [-0.1, -0.05) is 78.9 Å². The predicted octanol–water partition coefficient (Wildman–Crippen LogP) is 8.10. The van der Waals surface area contributed by atoms with Crippen molar-refractivity contribution in [2.75, 3.05) is 5.32 Å². The summed E-state index contributed by atoms with van der Waals surface area (Å²) in [4.78, 5) is 0. The summed E-state index contributed by atoms with van der Waals surface area (Å²) in [6, 6.07) is 41.3. The van der Waals surface area contributed by atoms with Crippen LogP contribution >= 0.6 is 0 Å². The molecule has 5 aromatic carbocycles. The summed E-state index contributed by atoms with van der Waals surface area (Å²) in [6.45, 7) is 0. The first-order chi connectivity index (χ1) is 16.4. The average molecular weight is 423 g/mol. The van der Waals surface area contributed by atoms with Crippen molar-refractivity contribution in [1.29, 1.82) is 0 Å². The van der Waals surface area contributed by atoms with E-state index in [0.717, 1.165) is 17.8 Å². The van der Waals surface area contributed by atoms with Gasteiger partial charge in [-0.25, -0.2) is 0 Å². The van der Waals surface area contributed by atoms with Crippen LogP contribution in [0.5, 0.6) is 0 Å². The zero-order valence-electron chi connectivity index (χ0n) is 18.1. The summed E-state index contributed by atoms with van der Waals surface area (Å²) in [5.41, 5.74) is 11.3. The maximum atomic E-state index is 3.75. The van der Waals surface area contributed by atoms with E-state index in [1.54, 1.807) is 0 Å². The van der Waals surface area contributed by atoms with Crippen molar-refractivity contribution in [3.05, 3.63) is 126 Å². The molecular weight excluding hydrogens is 400 g/mol. The molecule has 0 spiro atoms. The highest BCUT2D eigenvalue weighted by Gasteiger charge is 2.19. The molecule has 0 unspecified atom stereocenters. The second-order valence-corrected chi connectivity index (χ2v) is 8.72. The van der Waals surface area contributed by atoms with Crippen molar-refractivity contribution in [3.8, 4) is 16.8 Å². The van der Waals surface area contributed by atoms with Gasteiger partial charge in [0.1, 0.15) is 0 Å². The first-order valence-corrected chi connectivity index (χ1v) is 11.4. The molecular formula is C31H22N2. The van der Waals surface area contributed by atoms with Gasteiger partial charge in [0, 0.05) is 22.1 Å². The van der Waals surface area contributed by atoms with Crippen molar-refractivity contribution < 1.29 is 0 Å². The lowest BCUT2D eigenvalue weighted by atomic mass is 10.1. The lowest BCUT2D eigenvalue weighted by Crippen LogP contribution is -1.98. The molecule has 0 atom stereocenters. The Morgan fingerprint density at radius 2 is 1.33 bits per heavy atom. The van der Waals surface area contributed by atoms with Crippen LogP contribution in [0.25, 0.3) is 38.6 Å². The molecule has 0 saturated heterocycles. The minimum atomic E-state index is 0.996. The fourth-order valence-corrected chi connectivity index (χ4v) is 5.34. The van der Waals surface area contributed by atoms with E-state index in [1.165, 1.54) is 49.7 Å². The molecule has 0 amide bonds. The molecule has 1 aliphatic rings. The Morgan fingerprint density at radius 1 is 0.576 bits per heavy atom. The molecule has 0 fully saturated rings. The van der Waals surface area contributed by atoms with Gasteiger partial charge < -0.3 is 9.88 Å². The smallest absolute Gasteiger partial charge is 0.0776 e. The van der Waals surface area contributed by atoms with E-state index in [1.807, 2.05) is 0 Å². The number of para-hydroxylation sites is 3. The number of aromatic nitrogens is 1. The highest BCUT2D eigenvalue weighted by molar-refractivity contribution is 6.13. The number of hydrogen-bond donors (Lipinski definition) is 1. The van der Waals surface area contributed by atoms with Crippen LogP contribution in [0.2, 0.25) is 0 Å². The minimum Gasteiger partial charge on any atom is -0.354 e. The third-order valence-electron chi connectivity index (χ3n) is 6.78. The third kappa shape index (κ3) is 2.81. The molecule has 0 radical (unpaired) electrons. The van der Waals surface area contributed by atoms with Crippen molar-refractivity contribution in [2.45, 2.75) is 6.42 Å². The highest BCUT2D eigenvalue weighted by Crippen LogP contribution is 2.40. The van der Waals surface area contributed by atoms with Crippen molar-refractivity contribution in [1.82, 2.24) is 4.57 Å². The molecule has 0 aliphatic heterocycles. The Kier molecular flexibility index (Phi) is 3.94. The average Bonchev–Trinajstić information content (AvgIpc) is 3.41. The molecule has 33 heavy (non-hydrogen) atoms. The van der Waals surface area contributed by atoms with Crippen LogP contribution in [0.1, 0.15) is 11.1 Å². The van der Waals surface area contributed by atoms with E-state index >= 15 is 0 Å². The van der Waals surface area contributed by atoms with E-state index in [4.69, 9.17) is 0 Å². The van der Waals surface area contributed by atoms with Gasteiger partial charge in [-0.3, -0.25) is 0 Å². The third-order valence-corrected chi connectivity index (χ3v) is 6.78. The maximum absolute atomic E-state index is 3.75. The lowest BCUT2D eigenvalue weighted by molar-refractivity contribution is 1.18. The standard InChI is InChI=1S/C31H22N2/c1-2-10-24(11-3-1)33-30-16-7-6-13-27(30)28-14-8-15-29(31(28)33)32-23-17-18-26-22(20-23)19-21-9-4-5-12-25(21)26/h1-18,20,32H,19H2. The monoisotopic (exact) mass is 422 g/mol. The van der Waals surface area contributed by atoms with Gasteiger partial charge in [-0.2, -0.15) is 0 Å². The molecule has 0 bridgehead atoms. The van der Waals surface area contributed by atoms with Gasteiger partial charge in [0.05, 0.1) is 16.7 Å². The van der Waals surface area contributed by atoms with E-state index < -0.39 is 0 Å². The van der Waals surface area contributed by atoms with Gasteiger partial charge >= 0.3 is 0 Å². The lowest BCUT2D eigenvalue weighted by Gasteiger charge is -2.14. The molecule has 1 aromatic heterocycles. The Balaban J connectivity index is 1.40. The zero-order chi connectivity index (χ0) is 21.8. The molecule has 1 heterocycles. The normalized spacial score (nSPS) is 12.1. The number of fused-ring (bicyclic) bond motifs is 6. The Labute approximate surface area is 192 Å². The molecule has 1 aliphatic carbocycles. The number of nitrogens with zero attached hydrogens (tertiary/aromatic N) is 1. The Hall–Kier alpha value is -4.30. The van der Waals surface area contributed by atoms with E-state index in [2.05, 4.69) is 125 Å². The maximum Gasteiger partial charge on any atom is 0.0776 e. The molecule has 156 valence electrons. The minimum absolute atomic E-state index is 0.996. The SMILES string of the molecule is c1ccc(-n2c3ccccc3c3cccc(Nc4ccc5c(c4)Cc4ccccc4-5)c32)cc1. The molecule has 1 N–H and O–H groups in total. The molecule has 7 rings (SSSR count). The van der Waals surface area contributed by atoms with Gasteiger partial charge in [0.25, 0.3) is 0 Å². The molecule has 0 saturated carbocycles. The Bertz CT molecular complexity index is 1660. The number of anilines is 2. The molecule has 6 aromatic rings. The highest BCUT2D eigenvalue weighted by atomic mass is 15.0. The van der Waals surface area contributed by atoms with Crippen LogP contribution in [0, 0.1) is 0 Å². The van der Waals surface area contributed by atoms with E-state index in [-0.39, 0.29) is 0 Å². The van der Waals surface area contributed by atoms with Gasteiger partial charge in [-0.15, -0.1) is 0 Å². The number of rotatable bonds is 3. The summed E-state index contributed by atoms with van der Waals surface area (Å²) in [5.74, 6) is 0. The van der Waals surface area contributed by atoms with E-state index in [9.17, 15) is 0 Å². The van der Waals surface area contributed by atoms with Crippen molar-refractivity contribution in [2.24, 2.45) is 0 Å². The quantitative estimate of drug-likeness (QED) is 0.304. The topological polar surface area (TPSA) is 17.0 Å². The second kappa shape index (κ2) is 7.11. The van der Waals surface area contributed by atoms with Crippen LogP contribution in [0.15, 0.2) is 115 Å². The number of benzene rings is 5. The zero-order valence-corrected chi connectivity index (χ0v) is 18.1. The molecule has 2 nitrogen and oxygen atoms in total. The predicted molar refractivity (Wildman–Crippen MR) is 139 cm³/mol. The first-order valence-electron chi connectivity index (χ1n) is 11.4. The van der Waals surface area contributed by atoms with E-state index in [0.29, 0.717) is 0 Å². The summed E-state index contributed by atoms with van der Waals surface area (Å²) >= 11 is 0. The van der Waals surface area contributed by atoms with Gasteiger partial charge in [-0.05, 0) is 65.1 Å². The van der Waals surface area contributed by atoms with Crippen molar-refractivity contribution in [3.63, 3.8) is 0 Å². The first kappa shape index (κ1) is 18.3. The summed E-state index contributed by atoms with van der Waals surface area (Å²) in [7, 11) is 0.